The maximum atomic E-state index is 13.2. The van der Waals surface area contributed by atoms with Crippen LogP contribution in [0.2, 0.25) is 5.02 Å². The topological polar surface area (TPSA) is 63.5 Å². The molecule has 3 aromatic rings. The molecule has 5 nitrogen and oxygen atoms in total. The number of hydrazone groups is 1. The predicted molar refractivity (Wildman–Crippen MR) is 117 cm³/mol. The monoisotopic (exact) mass is 533 g/mol. The summed E-state index contributed by atoms with van der Waals surface area (Å²) >= 11 is 8.94. The lowest BCUT2D eigenvalue weighted by molar-refractivity contribution is -0.137. The van der Waals surface area contributed by atoms with Gasteiger partial charge in [0.1, 0.15) is 0 Å². The standard InChI is InChI=1S/C20H16BrClF3N3O2S/c1-12-9-14(11-26-27-31(29,30)17-6-3-15(21)4-7-17)13(2)28(12)16-5-8-19(22)18(10-16)20(23,24)25/h3-11,27H,1-2H3/b26-11+. The van der Waals surface area contributed by atoms with E-state index in [9.17, 15) is 21.6 Å². The zero-order valence-electron chi connectivity index (χ0n) is 16.2. The number of benzene rings is 2. The number of sulfonamides is 1. The fraction of sp³-hybridized carbons (Fsp3) is 0.150. The normalized spacial score (nSPS) is 12.5. The van der Waals surface area contributed by atoms with Crippen LogP contribution in [0.4, 0.5) is 13.2 Å². The van der Waals surface area contributed by atoms with Crippen molar-refractivity contribution in [2.45, 2.75) is 24.9 Å². The molecule has 0 bridgehead atoms. The fourth-order valence-corrected chi connectivity index (χ4v) is 4.30. The van der Waals surface area contributed by atoms with Crippen LogP contribution in [0, 0.1) is 13.8 Å². The lowest BCUT2D eigenvalue weighted by atomic mass is 10.2. The SMILES string of the molecule is Cc1cc(/C=N/NS(=O)(=O)c2ccc(Br)cc2)c(C)n1-c1ccc(Cl)c(C(F)(F)F)c1. The number of halogens is 5. The Balaban J connectivity index is 1.89. The lowest BCUT2D eigenvalue weighted by Crippen LogP contribution is -2.18. The van der Waals surface area contributed by atoms with E-state index in [4.69, 9.17) is 11.6 Å². The molecule has 0 aliphatic carbocycles. The quantitative estimate of drug-likeness (QED) is 0.330. The summed E-state index contributed by atoms with van der Waals surface area (Å²) in [6.45, 7) is 3.41. The molecule has 0 amide bonds. The molecule has 1 aromatic heterocycles. The molecule has 1 heterocycles. The van der Waals surface area contributed by atoms with E-state index in [0.717, 1.165) is 10.5 Å². The Morgan fingerprint density at radius 3 is 2.35 bits per heavy atom. The number of hydrogen-bond donors (Lipinski definition) is 1. The van der Waals surface area contributed by atoms with Gasteiger partial charge >= 0.3 is 6.18 Å². The zero-order valence-corrected chi connectivity index (χ0v) is 19.4. The summed E-state index contributed by atoms with van der Waals surface area (Å²) in [6.07, 6.45) is -3.28. The average Bonchev–Trinajstić information content (AvgIpc) is 2.95. The Labute approximate surface area is 190 Å². The molecule has 31 heavy (non-hydrogen) atoms. The number of aryl methyl sites for hydroxylation is 1. The highest BCUT2D eigenvalue weighted by Crippen LogP contribution is 2.36. The Morgan fingerprint density at radius 1 is 1.10 bits per heavy atom. The van der Waals surface area contributed by atoms with E-state index in [0.29, 0.717) is 17.0 Å². The molecule has 0 spiro atoms. The maximum absolute atomic E-state index is 13.2. The lowest BCUT2D eigenvalue weighted by Gasteiger charge is -2.14. The summed E-state index contributed by atoms with van der Waals surface area (Å²) in [5.41, 5.74) is 1.11. The first-order valence-electron chi connectivity index (χ1n) is 8.76. The van der Waals surface area contributed by atoms with Crippen molar-refractivity contribution in [2.75, 3.05) is 0 Å². The molecule has 0 saturated carbocycles. The first-order valence-corrected chi connectivity index (χ1v) is 11.4. The van der Waals surface area contributed by atoms with E-state index in [2.05, 4.69) is 25.9 Å². The summed E-state index contributed by atoms with van der Waals surface area (Å²) in [7, 11) is -3.86. The van der Waals surface area contributed by atoms with Gasteiger partial charge in [0.2, 0.25) is 0 Å². The molecule has 0 atom stereocenters. The van der Waals surface area contributed by atoms with Gasteiger partial charge in [-0.1, -0.05) is 27.5 Å². The number of nitrogens with zero attached hydrogens (tertiary/aromatic N) is 2. The van der Waals surface area contributed by atoms with Crippen LogP contribution in [-0.4, -0.2) is 19.2 Å². The second kappa shape index (κ2) is 8.68. The Bertz CT molecular complexity index is 1250. The molecular weight excluding hydrogens is 519 g/mol. The van der Waals surface area contributed by atoms with Gasteiger partial charge in [-0.3, -0.25) is 0 Å². The molecular formula is C20H16BrClF3N3O2S. The van der Waals surface area contributed by atoms with Crippen LogP contribution in [0.3, 0.4) is 0 Å². The molecule has 0 saturated heterocycles. The zero-order chi connectivity index (χ0) is 23.0. The van der Waals surface area contributed by atoms with Gasteiger partial charge in [0.15, 0.2) is 0 Å². The Kier molecular flexibility index (Phi) is 6.54. The van der Waals surface area contributed by atoms with Crippen molar-refractivity contribution in [1.82, 2.24) is 9.40 Å². The van der Waals surface area contributed by atoms with E-state index < -0.39 is 21.8 Å². The second-order valence-electron chi connectivity index (χ2n) is 6.63. The van der Waals surface area contributed by atoms with Gasteiger partial charge in [-0.25, -0.2) is 4.83 Å². The van der Waals surface area contributed by atoms with Gasteiger partial charge in [0.25, 0.3) is 10.0 Å². The molecule has 11 heteroatoms. The summed E-state index contributed by atoms with van der Waals surface area (Å²) in [5, 5.41) is 3.42. The van der Waals surface area contributed by atoms with Gasteiger partial charge in [-0.2, -0.15) is 26.7 Å². The number of hydrogen-bond acceptors (Lipinski definition) is 3. The van der Waals surface area contributed by atoms with Gasteiger partial charge in [-0.15, -0.1) is 0 Å². The van der Waals surface area contributed by atoms with E-state index in [1.807, 2.05) is 0 Å². The van der Waals surface area contributed by atoms with Crippen molar-refractivity contribution < 1.29 is 21.6 Å². The molecule has 3 rings (SSSR count). The number of rotatable bonds is 5. The van der Waals surface area contributed by atoms with Crippen molar-refractivity contribution in [1.29, 1.82) is 0 Å². The van der Waals surface area contributed by atoms with Crippen LogP contribution >= 0.6 is 27.5 Å². The van der Waals surface area contributed by atoms with Crippen molar-refractivity contribution in [3.05, 3.63) is 80.5 Å². The number of aromatic nitrogens is 1. The van der Waals surface area contributed by atoms with Crippen LogP contribution in [0.15, 0.2) is 63.0 Å². The Hall–Kier alpha value is -2.30. The van der Waals surface area contributed by atoms with Crippen LogP contribution in [0.1, 0.15) is 22.5 Å². The summed E-state index contributed by atoms with van der Waals surface area (Å²) in [5.74, 6) is 0. The third-order valence-corrected chi connectivity index (χ3v) is 6.58. The van der Waals surface area contributed by atoms with Gasteiger partial charge in [0, 0.05) is 27.1 Å². The molecule has 164 valence electrons. The highest BCUT2D eigenvalue weighted by Gasteiger charge is 2.33. The Morgan fingerprint density at radius 2 is 1.74 bits per heavy atom. The third-order valence-electron chi connectivity index (χ3n) is 4.48. The van der Waals surface area contributed by atoms with Gasteiger partial charge in [-0.05, 0) is 62.4 Å². The minimum atomic E-state index is -4.59. The molecule has 0 aliphatic heterocycles. The van der Waals surface area contributed by atoms with E-state index in [1.54, 1.807) is 36.6 Å². The fourth-order valence-electron chi connectivity index (χ4n) is 3.02. The minimum absolute atomic E-state index is 0.0409. The molecule has 2 aromatic carbocycles. The highest BCUT2D eigenvalue weighted by molar-refractivity contribution is 9.10. The number of alkyl halides is 3. The molecule has 0 fully saturated rings. The minimum Gasteiger partial charge on any atom is -0.318 e. The van der Waals surface area contributed by atoms with Gasteiger partial charge in [0.05, 0.1) is 21.7 Å². The first kappa shape index (κ1) is 23.4. The summed E-state index contributed by atoms with van der Waals surface area (Å²) < 4.78 is 66.6. The predicted octanol–water partition coefficient (Wildman–Crippen LogP) is 5.84. The molecule has 0 aliphatic rings. The van der Waals surface area contributed by atoms with E-state index in [1.165, 1.54) is 30.5 Å². The summed E-state index contributed by atoms with van der Waals surface area (Å²) in [4.78, 5) is 2.17. The molecule has 0 radical (unpaired) electrons. The van der Waals surface area contributed by atoms with Crippen LogP contribution < -0.4 is 4.83 Å². The van der Waals surface area contributed by atoms with Crippen molar-refractivity contribution >= 4 is 43.8 Å². The van der Waals surface area contributed by atoms with Crippen molar-refractivity contribution in [3.8, 4) is 5.69 Å². The molecule has 0 unspecified atom stereocenters. The van der Waals surface area contributed by atoms with Crippen LogP contribution in [0.5, 0.6) is 0 Å². The van der Waals surface area contributed by atoms with E-state index >= 15 is 0 Å². The van der Waals surface area contributed by atoms with Crippen molar-refractivity contribution in [3.63, 3.8) is 0 Å². The largest absolute Gasteiger partial charge is 0.417 e. The number of nitrogens with one attached hydrogen (secondary N) is 1. The first-order chi connectivity index (χ1) is 14.4. The third kappa shape index (κ3) is 5.13. The van der Waals surface area contributed by atoms with Crippen LogP contribution in [0.25, 0.3) is 5.69 Å². The van der Waals surface area contributed by atoms with E-state index in [-0.39, 0.29) is 15.6 Å². The maximum Gasteiger partial charge on any atom is 0.417 e. The van der Waals surface area contributed by atoms with Gasteiger partial charge < -0.3 is 4.57 Å². The average molecular weight is 535 g/mol. The smallest absolute Gasteiger partial charge is 0.318 e. The van der Waals surface area contributed by atoms with Crippen LogP contribution in [-0.2, 0) is 16.2 Å². The molecule has 1 N–H and O–H groups in total. The van der Waals surface area contributed by atoms with Crippen molar-refractivity contribution in [2.24, 2.45) is 5.10 Å². The highest BCUT2D eigenvalue weighted by atomic mass is 79.9. The second-order valence-corrected chi connectivity index (χ2v) is 9.61. The summed E-state index contributed by atoms with van der Waals surface area (Å²) in [6, 6.07) is 11.4.